The second-order valence-electron chi connectivity index (χ2n) is 2.90. The number of halogens is 1. The number of thioether (sulfide) groups is 1. The Morgan fingerprint density at radius 2 is 2.33 bits per heavy atom. The molecule has 1 aromatic carbocycles. The van der Waals surface area contributed by atoms with Crippen molar-refractivity contribution in [2.45, 2.75) is 13.3 Å². The summed E-state index contributed by atoms with van der Waals surface area (Å²) in [6, 6.07) is 7.43. The summed E-state index contributed by atoms with van der Waals surface area (Å²) in [5.41, 5.74) is 0.912. The van der Waals surface area contributed by atoms with Crippen LogP contribution in [0.1, 0.15) is 18.9 Å². The molecule has 78 valence electrons. The third-order valence-corrected chi connectivity index (χ3v) is 2.64. The predicted molar refractivity (Wildman–Crippen MR) is 66.1 cm³/mol. The van der Waals surface area contributed by atoms with E-state index in [0.717, 1.165) is 17.7 Å². The van der Waals surface area contributed by atoms with E-state index in [1.165, 1.54) is 11.8 Å². The predicted octanol–water partition coefficient (Wildman–Crippen LogP) is 3.36. The standard InChI is InChI=1S/C12H11ClOS/c1-10(14)15-8-3-2-5-11-6-4-7-12(13)9-11/h4,6-7,9H,3,8H2,1H3. The fourth-order valence-corrected chi connectivity index (χ4v) is 1.66. The van der Waals surface area contributed by atoms with Gasteiger partial charge in [0.25, 0.3) is 0 Å². The van der Waals surface area contributed by atoms with Crippen molar-refractivity contribution in [1.29, 1.82) is 0 Å². The molecule has 15 heavy (non-hydrogen) atoms. The highest BCUT2D eigenvalue weighted by Gasteiger charge is 1.91. The topological polar surface area (TPSA) is 17.1 Å². The van der Waals surface area contributed by atoms with Crippen LogP contribution in [0.15, 0.2) is 24.3 Å². The van der Waals surface area contributed by atoms with Crippen molar-refractivity contribution in [2.75, 3.05) is 5.75 Å². The van der Waals surface area contributed by atoms with Gasteiger partial charge in [-0.3, -0.25) is 4.79 Å². The summed E-state index contributed by atoms with van der Waals surface area (Å²) in [4.78, 5) is 10.6. The molecule has 1 aromatic rings. The maximum Gasteiger partial charge on any atom is 0.185 e. The molecule has 0 aromatic heterocycles. The number of rotatable bonds is 2. The number of hydrogen-bond acceptors (Lipinski definition) is 2. The summed E-state index contributed by atoms with van der Waals surface area (Å²) in [7, 11) is 0. The lowest BCUT2D eigenvalue weighted by atomic mass is 10.2. The summed E-state index contributed by atoms with van der Waals surface area (Å²) in [6.45, 7) is 1.56. The van der Waals surface area contributed by atoms with Crippen LogP contribution < -0.4 is 0 Å². The maximum atomic E-state index is 10.6. The van der Waals surface area contributed by atoms with E-state index in [1.807, 2.05) is 24.3 Å². The van der Waals surface area contributed by atoms with Gasteiger partial charge < -0.3 is 0 Å². The van der Waals surface area contributed by atoms with E-state index in [1.54, 1.807) is 6.92 Å². The highest BCUT2D eigenvalue weighted by atomic mass is 35.5. The van der Waals surface area contributed by atoms with Crippen molar-refractivity contribution in [1.82, 2.24) is 0 Å². The van der Waals surface area contributed by atoms with Gasteiger partial charge in [0.05, 0.1) is 0 Å². The van der Waals surface area contributed by atoms with Crippen molar-refractivity contribution in [3.05, 3.63) is 34.9 Å². The summed E-state index contributed by atoms with van der Waals surface area (Å²) >= 11 is 7.11. The number of benzene rings is 1. The smallest absolute Gasteiger partial charge is 0.185 e. The van der Waals surface area contributed by atoms with Gasteiger partial charge in [-0.1, -0.05) is 41.3 Å². The highest BCUT2D eigenvalue weighted by molar-refractivity contribution is 8.13. The summed E-state index contributed by atoms with van der Waals surface area (Å²) in [6.07, 6.45) is 0.719. The fourth-order valence-electron chi connectivity index (χ4n) is 0.977. The number of carbonyl (C=O) groups is 1. The molecule has 0 fully saturated rings. The first kappa shape index (κ1) is 12.2. The van der Waals surface area contributed by atoms with Crippen molar-refractivity contribution in [3.63, 3.8) is 0 Å². The Bertz CT molecular complexity index is 404. The Kier molecular flexibility index (Phi) is 5.31. The first-order valence-electron chi connectivity index (χ1n) is 4.56. The zero-order chi connectivity index (χ0) is 11.1. The molecular formula is C12H11ClOS. The van der Waals surface area contributed by atoms with Crippen LogP contribution in [0.2, 0.25) is 5.02 Å². The fraction of sp³-hybridized carbons (Fsp3) is 0.250. The molecule has 1 nitrogen and oxygen atoms in total. The Labute approximate surface area is 99.2 Å². The van der Waals surface area contributed by atoms with Gasteiger partial charge in [-0.2, -0.15) is 0 Å². The van der Waals surface area contributed by atoms with E-state index in [0.29, 0.717) is 5.02 Å². The summed E-state index contributed by atoms with van der Waals surface area (Å²) in [5.74, 6) is 6.76. The van der Waals surface area contributed by atoms with Crippen LogP contribution in [-0.2, 0) is 4.79 Å². The van der Waals surface area contributed by atoms with Gasteiger partial charge in [0.1, 0.15) is 0 Å². The van der Waals surface area contributed by atoms with Crippen LogP contribution in [0, 0.1) is 11.8 Å². The van der Waals surface area contributed by atoms with Crippen molar-refractivity contribution >= 4 is 28.5 Å². The van der Waals surface area contributed by atoms with E-state index < -0.39 is 0 Å². The molecule has 0 saturated carbocycles. The first-order valence-corrected chi connectivity index (χ1v) is 5.92. The SMILES string of the molecule is CC(=O)SCCC#Cc1cccc(Cl)c1. The molecule has 1 rings (SSSR count). The Hall–Kier alpha value is -0.910. The van der Waals surface area contributed by atoms with Gasteiger partial charge in [0, 0.05) is 29.7 Å². The normalized spacial score (nSPS) is 9.20. The molecule has 0 atom stereocenters. The van der Waals surface area contributed by atoms with Crippen LogP contribution >= 0.6 is 23.4 Å². The van der Waals surface area contributed by atoms with Crippen LogP contribution in [0.5, 0.6) is 0 Å². The molecule has 0 spiro atoms. The minimum absolute atomic E-state index is 0.138. The molecule has 0 aliphatic rings. The number of hydrogen-bond donors (Lipinski definition) is 0. The van der Waals surface area contributed by atoms with E-state index in [9.17, 15) is 4.79 Å². The second-order valence-corrected chi connectivity index (χ2v) is 4.61. The third-order valence-electron chi connectivity index (χ3n) is 1.59. The average Bonchev–Trinajstić information content (AvgIpc) is 2.17. The van der Waals surface area contributed by atoms with E-state index in [-0.39, 0.29) is 5.12 Å². The minimum Gasteiger partial charge on any atom is -0.288 e. The zero-order valence-corrected chi connectivity index (χ0v) is 9.99. The first-order chi connectivity index (χ1) is 7.18. The average molecular weight is 239 g/mol. The number of carbonyl (C=O) groups excluding carboxylic acids is 1. The monoisotopic (exact) mass is 238 g/mol. The quantitative estimate of drug-likeness (QED) is 0.581. The van der Waals surface area contributed by atoms with Crippen molar-refractivity contribution < 1.29 is 4.79 Å². The third kappa shape index (κ3) is 5.51. The Balaban J connectivity index is 2.41. The molecule has 0 aliphatic carbocycles. The highest BCUT2D eigenvalue weighted by Crippen LogP contribution is 2.09. The van der Waals surface area contributed by atoms with Gasteiger partial charge in [-0.05, 0) is 18.2 Å². The second kappa shape index (κ2) is 6.55. The van der Waals surface area contributed by atoms with Crippen LogP contribution in [0.25, 0.3) is 0 Å². The molecule has 0 radical (unpaired) electrons. The zero-order valence-electron chi connectivity index (χ0n) is 8.42. The van der Waals surface area contributed by atoms with Crippen LogP contribution in [0.4, 0.5) is 0 Å². The Morgan fingerprint density at radius 3 is 3.00 bits per heavy atom. The van der Waals surface area contributed by atoms with Crippen LogP contribution in [0.3, 0.4) is 0 Å². The van der Waals surface area contributed by atoms with Gasteiger partial charge >= 0.3 is 0 Å². The molecule has 0 bridgehead atoms. The van der Waals surface area contributed by atoms with Gasteiger partial charge in [-0.25, -0.2) is 0 Å². The molecule has 0 amide bonds. The molecular weight excluding hydrogens is 228 g/mol. The molecule has 3 heteroatoms. The largest absolute Gasteiger partial charge is 0.288 e. The molecule has 0 N–H and O–H groups in total. The van der Waals surface area contributed by atoms with Crippen molar-refractivity contribution in [3.8, 4) is 11.8 Å². The van der Waals surface area contributed by atoms with Crippen LogP contribution in [-0.4, -0.2) is 10.9 Å². The van der Waals surface area contributed by atoms with E-state index in [4.69, 9.17) is 11.6 Å². The minimum atomic E-state index is 0.138. The molecule has 0 unspecified atom stereocenters. The van der Waals surface area contributed by atoms with Gasteiger partial charge in [0.2, 0.25) is 0 Å². The van der Waals surface area contributed by atoms with E-state index in [2.05, 4.69) is 11.8 Å². The lowest BCUT2D eigenvalue weighted by Gasteiger charge is -1.91. The molecule has 0 heterocycles. The van der Waals surface area contributed by atoms with E-state index >= 15 is 0 Å². The lowest BCUT2D eigenvalue weighted by Crippen LogP contribution is -1.84. The lowest BCUT2D eigenvalue weighted by molar-refractivity contribution is -0.109. The maximum absolute atomic E-state index is 10.6. The molecule has 0 saturated heterocycles. The van der Waals surface area contributed by atoms with Crippen molar-refractivity contribution in [2.24, 2.45) is 0 Å². The molecule has 0 aliphatic heterocycles. The van der Waals surface area contributed by atoms with Gasteiger partial charge in [0.15, 0.2) is 5.12 Å². The Morgan fingerprint density at radius 1 is 1.53 bits per heavy atom. The van der Waals surface area contributed by atoms with Gasteiger partial charge in [-0.15, -0.1) is 0 Å². The summed E-state index contributed by atoms with van der Waals surface area (Å²) < 4.78 is 0. The summed E-state index contributed by atoms with van der Waals surface area (Å²) in [5, 5.41) is 0.833.